The number of ether oxygens (including phenoxy) is 2. The fourth-order valence-electron chi connectivity index (χ4n) is 3.17. The summed E-state index contributed by atoms with van der Waals surface area (Å²) in [5.74, 6) is -0.736. The Kier molecular flexibility index (Phi) is 6.65. The Hall–Kier alpha value is -3.32. The molecule has 1 saturated heterocycles. The smallest absolute Gasteiger partial charge is 0.335 e. The number of nitrogens with zero attached hydrogens (tertiary/aromatic N) is 1. The van der Waals surface area contributed by atoms with E-state index in [1.54, 1.807) is 25.1 Å². The summed E-state index contributed by atoms with van der Waals surface area (Å²) in [6.07, 6.45) is 2.17. The van der Waals surface area contributed by atoms with Crippen molar-refractivity contribution in [3.63, 3.8) is 0 Å². The molecular formula is C23H23ClN2O5. The number of hydrogen-bond donors (Lipinski definition) is 1. The van der Waals surface area contributed by atoms with E-state index in [0.717, 1.165) is 22.4 Å². The first-order chi connectivity index (χ1) is 14.8. The molecule has 2 aromatic rings. The molecular weight excluding hydrogens is 420 g/mol. The first-order valence-corrected chi connectivity index (χ1v) is 10.1. The monoisotopic (exact) mass is 442 g/mol. The van der Waals surface area contributed by atoms with Crippen molar-refractivity contribution in [2.24, 2.45) is 0 Å². The third-order valence-electron chi connectivity index (χ3n) is 4.72. The minimum Gasteiger partial charge on any atom is -0.493 e. The number of halogens is 1. The van der Waals surface area contributed by atoms with Gasteiger partial charge >= 0.3 is 6.03 Å². The number of anilines is 1. The van der Waals surface area contributed by atoms with Crippen molar-refractivity contribution < 1.29 is 23.9 Å². The average molecular weight is 443 g/mol. The fraction of sp³-hybridized carbons (Fsp3) is 0.261. The van der Waals surface area contributed by atoms with Crippen molar-refractivity contribution in [3.05, 3.63) is 57.6 Å². The molecule has 8 heteroatoms. The van der Waals surface area contributed by atoms with E-state index in [0.29, 0.717) is 29.4 Å². The first kappa shape index (κ1) is 22.4. The van der Waals surface area contributed by atoms with Crippen LogP contribution in [0.3, 0.4) is 0 Å². The maximum atomic E-state index is 13.1. The van der Waals surface area contributed by atoms with E-state index >= 15 is 0 Å². The Morgan fingerprint density at radius 2 is 1.87 bits per heavy atom. The van der Waals surface area contributed by atoms with Crippen molar-refractivity contribution in [2.75, 3.05) is 18.6 Å². The van der Waals surface area contributed by atoms with Crippen LogP contribution in [0.25, 0.3) is 6.08 Å². The minimum absolute atomic E-state index is 0.194. The number of carbonyl (C=O) groups excluding carboxylic acids is 3. The molecule has 1 aliphatic rings. The summed E-state index contributed by atoms with van der Waals surface area (Å²) in [5.41, 5.74) is 2.29. The van der Waals surface area contributed by atoms with Crippen LogP contribution in [-0.2, 0) is 9.59 Å². The van der Waals surface area contributed by atoms with Crippen LogP contribution >= 0.6 is 11.6 Å². The highest BCUT2D eigenvalue weighted by Gasteiger charge is 2.37. The van der Waals surface area contributed by atoms with Gasteiger partial charge in [-0.2, -0.15) is 0 Å². The summed E-state index contributed by atoms with van der Waals surface area (Å²) < 4.78 is 11.0. The van der Waals surface area contributed by atoms with E-state index in [1.807, 2.05) is 26.0 Å². The van der Waals surface area contributed by atoms with Crippen LogP contribution in [0.2, 0.25) is 5.02 Å². The van der Waals surface area contributed by atoms with Gasteiger partial charge in [0.15, 0.2) is 11.5 Å². The Bertz CT molecular complexity index is 1090. The number of barbiturate groups is 1. The molecule has 0 saturated carbocycles. The molecule has 2 aromatic carbocycles. The van der Waals surface area contributed by atoms with Gasteiger partial charge in [0.2, 0.25) is 0 Å². The number of aryl methyl sites for hydroxylation is 2. The number of methoxy groups -OCH3 is 1. The summed E-state index contributed by atoms with van der Waals surface area (Å²) in [7, 11) is 1.47. The van der Waals surface area contributed by atoms with Crippen molar-refractivity contribution in [1.29, 1.82) is 0 Å². The van der Waals surface area contributed by atoms with Crippen LogP contribution in [0.1, 0.15) is 30.0 Å². The second-order valence-corrected chi connectivity index (χ2v) is 7.54. The van der Waals surface area contributed by atoms with E-state index in [1.165, 1.54) is 13.2 Å². The highest BCUT2D eigenvalue weighted by molar-refractivity contribution is 6.39. The van der Waals surface area contributed by atoms with E-state index in [9.17, 15) is 14.4 Å². The molecule has 7 nitrogen and oxygen atoms in total. The lowest BCUT2D eigenvalue weighted by Gasteiger charge is -2.27. The maximum Gasteiger partial charge on any atom is 0.335 e. The van der Waals surface area contributed by atoms with Crippen molar-refractivity contribution in [1.82, 2.24) is 5.32 Å². The molecule has 31 heavy (non-hydrogen) atoms. The van der Waals surface area contributed by atoms with Gasteiger partial charge in [-0.05, 0) is 61.2 Å². The fourth-order valence-corrected chi connectivity index (χ4v) is 3.44. The average Bonchev–Trinajstić information content (AvgIpc) is 2.72. The predicted molar refractivity (Wildman–Crippen MR) is 119 cm³/mol. The van der Waals surface area contributed by atoms with Crippen LogP contribution in [0.4, 0.5) is 10.5 Å². The molecule has 4 amide bonds. The Morgan fingerprint density at radius 3 is 2.55 bits per heavy atom. The van der Waals surface area contributed by atoms with Gasteiger partial charge in [-0.3, -0.25) is 14.9 Å². The van der Waals surface area contributed by atoms with Crippen LogP contribution in [0, 0.1) is 13.8 Å². The van der Waals surface area contributed by atoms with Gasteiger partial charge in [-0.25, -0.2) is 9.69 Å². The molecule has 0 radical (unpaired) electrons. The summed E-state index contributed by atoms with van der Waals surface area (Å²) in [6, 6.07) is 7.80. The molecule has 162 valence electrons. The number of hydrogen-bond acceptors (Lipinski definition) is 5. The zero-order valence-electron chi connectivity index (χ0n) is 17.7. The third kappa shape index (κ3) is 4.56. The molecule has 0 aliphatic carbocycles. The molecule has 0 atom stereocenters. The zero-order valence-corrected chi connectivity index (χ0v) is 18.5. The van der Waals surface area contributed by atoms with Gasteiger partial charge in [-0.15, -0.1) is 0 Å². The topological polar surface area (TPSA) is 84.9 Å². The Labute approximate surface area is 185 Å². The molecule has 1 heterocycles. The van der Waals surface area contributed by atoms with Gasteiger partial charge in [0.1, 0.15) is 5.57 Å². The number of imide groups is 2. The van der Waals surface area contributed by atoms with Crippen molar-refractivity contribution in [3.8, 4) is 11.5 Å². The maximum absolute atomic E-state index is 13.1. The number of amides is 4. The summed E-state index contributed by atoms with van der Waals surface area (Å²) >= 11 is 6.34. The molecule has 0 spiro atoms. The summed E-state index contributed by atoms with van der Waals surface area (Å²) in [5, 5.41) is 2.51. The van der Waals surface area contributed by atoms with Gasteiger partial charge in [-0.1, -0.05) is 30.7 Å². The van der Waals surface area contributed by atoms with Crippen molar-refractivity contribution in [2.45, 2.75) is 27.2 Å². The zero-order chi connectivity index (χ0) is 22.7. The Balaban J connectivity index is 2.04. The highest BCUT2D eigenvalue weighted by atomic mass is 35.5. The normalized spacial score (nSPS) is 15.3. The van der Waals surface area contributed by atoms with Gasteiger partial charge in [0.05, 0.1) is 24.4 Å². The van der Waals surface area contributed by atoms with Crippen LogP contribution in [0.15, 0.2) is 35.9 Å². The molecule has 1 fully saturated rings. The lowest BCUT2D eigenvalue weighted by Crippen LogP contribution is -2.54. The standard InChI is InChI=1S/C23H23ClN2O5/c1-5-8-31-20-17(24)11-15(12-19(20)30-4)10-16-21(27)25-23(29)26(22(16)28)18-9-13(2)6-7-14(18)3/h6-7,9-12H,5,8H2,1-4H3,(H,25,27,29)/b16-10+. The Morgan fingerprint density at radius 1 is 1.13 bits per heavy atom. The molecule has 1 N–H and O–H groups in total. The van der Waals surface area contributed by atoms with E-state index in [-0.39, 0.29) is 10.6 Å². The van der Waals surface area contributed by atoms with Crippen LogP contribution < -0.4 is 19.7 Å². The van der Waals surface area contributed by atoms with Gasteiger partial charge < -0.3 is 9.47 Å². The van der Waals surface area contributed by atoms with Gasteiger partial charge in [0.25, 0.3) is 11.8 Å². The van der Waals surface area contributed by atoms with Gasteiger partial charge in [0, 0.05) is 0 Å². The minimum atomic E-state index is -0.792. The molecule has 0 unspecified atom stereocenters. The lowest BCUT2D eigenvalue weighted by atomic mass is 10.0. The second-order valence-electron chi connectivity index (χ2n) is 7.13. The number of rotatable bonds is 6. The number of nitrogens with one attached hydrogen (secondary N) is 1. The number of benzene rings is 2. The van der Waals surface area contributed by atoms with E-state index in [2.05, 4.69) is 5.32 Å². The molecule has 3 rings (SSSR count). The van der Waals surface area contributed by atoms with Crippen LogP contribution in [-0.4, -0.2) is 31.6 Å². The molecule has 0 aromatic heterocycles. The second kappa shape index (κ2) is 9.22. The predicted octanol–water partition coefficient (Wildman–Crippen LogP) is 4.42. The first-order valence-electron chi connectivity index (χ1n) is 9.75. The summed E-state index contributed by atoms with van der Waals surface area (Å²) in [6.45, 7) is 6.07. The lowest BCUT2D eigenvalue weighted by molar-refractivity contribution is -0.122. The molecule has 1 aliphatic heterocycles. The van der Waals surface area contributed by atoms with E-state index < -0.39 is 17.8 Å². The quantitative estimate of drug-likeness (QED) is 0.528. The number of carbonyl (C=O) groups is 3. The van der Waals surface area contributed by atoms with E-state index in [4.69, 9.17) is 21.1 Å². The molecule has 0 bridgehead atoms. The summed E-state index contributed by atoms with van der Waals surface area (Å²) in [4.78, 5) is 39.0. The number of urea groups is 1. The SMILES string of the molecule is CCCOc1c(Cl)cc(/C=C2\C(=O)NC(=O)N(c3cc(C)ccc3C)C2=O)cc1OC. The highest BCUT2D eigenvalue weighted by Crippen LogP contribution is 2.37. The largest absolute Gasteiger partial charge is 0.493 e. The van der Waals surface area contributed by atoms with Crippen LogP contribution in [0.5, 0.6) is 11.5 Å². The van der Waals surface area contributed by atoms with Crippen molar-refractivity contribution >= 4 is 41.2 Å². The third-order valence-corrected chi connectivity index (χ3v) is 5.00.